The molecule has 1 unspecified atom stereocenters. The van der Waals surface area contributed by atoms with Gasteiger partial charge in [0, 0.05) is 27.6 Å². The van der Waals surface area contributed by atoms with Gasteiger partial charge in [0.25, 0.3) is 0 Å². The predicted octanol–water partition coefficient (Wildman–Crippen LogP) is 4.52. The van der Waals surface area contributed by atoms with Crippen molar-refractivity contribution in [2.24, 2.45) is 0 Å². The Kier molecular flexibility index (Phi) is 4.13. The van der Waals surface area contributed by atoms with Crippen LogP contribution in [0.5, 0.6) is 0 Å². The number of rotatable bonds is 3. The van der Waals surface area contributed by atoms with E-state index in [9.17, 15) is 0 Å². The number of aromatic nitrogens is 1. The molecule has 0 spiro atoms. The van der Waals surface area contributed by atoms with Crippen molar-refractivity contribution >= 4 is 31.9 Å². The van der Waals surface area contributed by atoms with E-state index in [0.29, 0.717) is 4.83 Å². The monoisotopic (exact) mass is 339 g/mol. The quantitative estimate of drug-likeness (QED) is 0.748. The highest BCUT2D eigenvalue weighted by atomic mass is 79.9. The van der Waals surface area contributed by atoms with Gasteiger partial charge in [-0.25, -0.2) is 0 Å². The van der Waals surface area contributed by atoms with Crippen LogP contribution in [0.1, 0.15) is 16.1 Å². The standard InChI is InChI=1S/C13H11Br2N/c14-11-5-3-4-10(8-11)13(15)9-12-6-1-2-7-16-12/h1-8,13H,9H2. The second-order valence-corrected chi connectivity index (χ2v) is 5.57. The average molecular weight is 341 g/mol. The van der Waals surface area contributed by atoms with Gasteiger partial charge in [-0.1, -0.05) is 50.1 Å². The van der Waals surface area contributed by atoms with Crippen LogP contribution in [0.3, 0.4) is 0 Å². The van der Waals surface area contributed by atoms with Gasteiger partial charge in [-0.15, -0.1) is 0 Å². The zero-order chi connectivity index (χ0) is 11.4. The molecule has 0 aliphatic rings. The summed E-state index contributed by atoms with van der Waals surface area (Å²) >= 11 is 7.18. The molecule has 1 aromatic heterocycles. The van der Waals surface area contributed by atoms with Crippen molar-refractivity contribution in [2.45, 2.75) is 11.2 Å². The Hall–Kier alpha value is -0.670. The maximum absolute atomic E-state index is 4.32. The van der Waals surface area contributed by atoms with Gasteiger partial charge in [0.15, 0.2) is 0 Å². The molecule has 3 heteroatoms. The van der Waals surface area contributed by atoms with Gasteiger partial charge in [0.05, 0.1) is 0 Å². The third-order valence-electron chi connectivity index (χ3n) is 2.32. The first-order valence-electron chi connectivity index (χ1n) is 5.05. The topological polar surface area (TPSA) is 12.9 Å². The highest BCUT2D eigenvalue weighted by Gasteiger charge is 2.09. The molecule has 0 N–H and O–H groups in total. The number of benzene rings is 1. The molecule has 0 fully saturated rings. The van der Waals surface area contributed by atoms with Gasteiger partial charge in [-0.3, -0.25) is 4.98 Å². The van der Waals surface area contributed by atoms with Crippen molar-refractivity contribution in [3.63, 3.8) is 0 Å². The van der Waals surface area contributed by atoms with Crippen molar-refractivity contribution < 1.29 is 0 Å². The second kappa shape index (κ2) is 5.60. The largest absolute Gasteiger partial charge is 0.261 e. The molecule has 0 bridgehead atoms. The molecule has 0 radical (unpaired) electrons. The highest BCUT2D eigenvalue weighted by Crippen LogP contribution is 2.28. The summed E-state index contributed by atoms with van der Waals surface area (Å²) in [4.78, 5) is 4.63. The lowest BCUT2D eigenvalue weighted by atomic mass is 10.1. The van der Waals surface area contributed by atoms with E-state index in [1.165, 1.54) is 5.56 Å². The molecule has 1 aromatic carbocycles. The minimum absolute atomic E-state index is 0.305. The highest BCUT2D eigenvalue weighted by molar-refractivity contribution is 9.10. The molecular weight excluding hydrogens is 330 g/mol. The summed E-state index contributed by atoms with van der Waals surface area (Å²) in [6.45, 7) is 0. The summed E-state index contributed by atoms with van der Waals surface area (Å²) in [7, 11) is 0. The number of halogens is 2. The molecule has 2 aromatic rings. The summed E-state index contributed by atoms with van der Waals surface area (Å²) in [5, 5.41) is 0. The molecule has 0 saturated carbocycles. The van der Waals surface area contributed by atoms with Crippen molar-refractivity contribution in [3.8, 4) is 0 Å². The Morgan fingerprint density at radius 2 is 2.00 bits per heavy atom. The van der Waals surface area contributed by atoms with Crippen LogP contribution >= 0.6 is 31.9 Å². The lowest BCUT2D eigenvalue weighted by Gasteiger charge is -2.09. The number of hydrogen-bond acceptors (Lipinski definition) is 1. The third-order valence-corrected chi connectivity index (χ3v) is 3.67. The fraction of sp³-hybridized carbons (Fsp3) is 0.154. The summed E-state index contributed by atoms with van der Waals surface area (Å²) in [5.74, 6) is 0. The molecule has 1 heterocycles. The third kappa shape index (κ3) is 3.16. The second-order valence-electron chi connectivity index (χ2n) is 3.55. The minimum atomic E-state index is 0.305. The maximum Gasteiger partial charge on any atom is 0.0451 e. The van der Waals surface area contributed by atoms with Crippen LogP contribution in [0.25, 0.3) is 0 Å². The zero-order valence-corrected chi connectivity index (χ0v) is 11.8. The van der Waals surface area contributed by atoms with E-state index in [-0.39, 0.29) is 0 Å². The number of alkyl halides is 1. The molecule has 1 nitrogen and oxygen atoms in total. The fourth-order valence-corrected chi connectivity index (χ4v) is 2.56. The zero-order valence-electron chi connectivity index (χ0n) is 8.61. The predicted molar refractivity (Wildman–Crippen MR) is 73.8 cm³/mol. The molecule has 0 aliphatic carbocycles. The average Bonchev–Trinajstić information content (AvgIpc) is 2.30. The fourth-order valence-electron chi connectivity index (χ4n) is 1.52. The lowest BCUT2D eigenvalue weighted by Crippen LogP contribution is -1.97. The van der Waals surface area contributed by atoms with Crippen molar-refractivity contribution in [2.75, 3.05) is 0 Å². The van der Waals surface area contributed by atoms with Crippen molar-refractivity contribution in [1.29, 1.82) is 0 Å². The summed E-state index contributed by atoms with van der Waals surface area (Å²) in [6, 6.07) is 14.3. The Balaban J connectivity index is 2.12. The van der Waals surface area contributed by atoms with E-state index in [1.54, 1.807) is 0 Å². The van der Waals surface area contributed by atoms with Crippen LogP contribution in [0, 0.1) is 0 Å². The molecule has 16 heavy (non-hydrogen) atoms. The molecule has 82 valence electrons. The maximum atomic E-state index is 4.32. The van der Waals surface area contributed by atoms with E-state index in [2.05, 4.69) is 49.0 Å². The first-order valence-corrected chi connectivity index (χ1v) is 6.76. The van der Waals surface area contributed by atoms with Crippen LogP contribution in [-0.2, 0) is 6.42 Å². The van der Waals surface area contributed by atoms with E-state index in [4.69, 9.17) is 0 Å². The summed E-state index contributed by atoms with van der Waals surface area (Å²) in [5.41, 5.74) is 2.37. The molecule has 0 amide bonds. The van der Waals surface area contributed by atoms with Crippen LogP contribution in [0.2, 0.25) is 0 Å². The Morgan fingerprint density at radius 1 is 1.12 bits per heavy atom. The van der Waals surface area contributed by atoms with Crippen molar-refractivity contribution in [3.05, 3.63) is 64.4 Å². The smallest absolute Gasteiger partial charge is 0.0451 e. The van der Waals surface area contributed by atoms with Gasteiger partial charge in [-0.05, 0) is 29.8 Å². The minimum Gasteiger partial charge on any atom is -0.261 e. The van der Waals surface area contributed by atoms with Gasteiger partial charge in [0.2, 0.25) is 0 Å². The van der Waals surface area contributed by atoms with Crippen LogP contribution < -0.4 is 0 Å². The van der Waals surface area contributed by atoms with E-state index in [0.717, 1.165) is 16.6 Å². The molecule has 2 rings (SSSR count). The van der Waals surface area contributed by atoms with Crippen molar-refractivity contribution in [1.82, 2.24) is 4.98 Å². The Bertz CT molecular complexity index is 456. The first-order chi connectivity index (χ1) is 7.75. The molecular formula is C13H11Br2N. The lowest BCUT2D eigenvalue weighted by molar-refractivity contribution is 0.904. The number of pyridine rings is 1. The molecule has 0 saturated heterocycles. The number of nitrogens with zero attached hydrogens (tertiary/aromatic N) is 1. The van der Waals surface area contributed by atoms with Gasteiger partial charge >= 0.3 is 0 Å². The summed E-state index contributed by atoms with van der Waals surface area (Å²) < 4.78 is 1.11. The summed E-state index contributed by atoms with van der Waals surface area (Å²) in [6.07, 6.45) is 2.73. The normalized spacial score (nSPS) is 12.4. The Morgan fingerprint density at radius 3 is 2.69 bits per heavy atom. The first kappa shape index (κ1) is 11.8. The van der Waals surface area contributed by atoms with Crippen LogP contribution in [-0.4, -0.2) is 4.98 Å². The number of hydrogen-bond donors (Lipinski definition) is 0. The van der Waals surface area contributed by atoms with E-state index >= 15 is 0 Å². The molecule has 0 aliphatic heterocycles. The van der Waals surface area contributed by atoms with E-state index in [1.807, 2.05) is 36.5 Å². The SMILES string of the molecule is Brc1cccc(C(Br)Cc2ccccn2)c1. The van der Waals surface area contributed by atoms with Gasteiger partial charge < -0.3 is 0 Å². The van der Waals surface area contributed by atoms with Gasteiger partial charge in [0.1, 0.15) is 0 Å². The van der Waals surface area contributed by atoms with Crippen LogP contribution in [0.4, 0.5) is 0 Å². The Labute approximate surface area is 112 Å². The molecule has 1 atom stereocenters. The van der Waals surface area contributed by atoms with Gasteiger partial charge in [-0.2, -0.15) is 0 Å². The van der Waals surface area contributed by atoms with Crippen LogP contribution in [0.15, 0.2) is 53.1 Å². The van der Waals surface area contributed by atoms with E-state index < -0.39 is 0 Å².